The average Bonchev–Trinajstić information content (AvgIpc) is 2.50. The third kappa shape index (κ3) is 3.06. The topological polar surface area (TPSA) is 40.6 Å². The fourth-order valence-electron chi connectivity index (χ4n) is 3.11. The number of sulfonamides is 1. The van der Waals surface area contributed by atoms with Crippen molar-refractivity contribution in [3.05, 3.63) is 60.2 Å². The fourth-order valence-corrected chi connectivity index (χ4v) is 4.17. The van der Waals surface area contributed by atoms with Crippen LogP contribution in [0.1, 0.15) is 19.4 Å². The molecule has 0 saturated heterocycles. The minimum Gasteiger partial charge on any atom is -0.359 e. The standard InChI is InChI=1S/C18H22N2O2S/c1-18(2)14-20(23(3,21)22)17-12-8-7-11-16(17)19(18)13-15-9-5-4-6-10-15/h4-12H,13-14H2,1-3H3. The van der Waals surface area contributed by atoms with Gasteiger partial charge in [-0.2, -0.15) is 0 Å². The molecule has 1 aliphatic heterocycles. The van der Waals surface area contributed by atoms with E-state index in [1.165, 1.54) is 16.1 Å². The van der Waals surface area contributed by atoms with Crippen molar-refractivity contribution < 1.29 is 8.42 Å². The van der Waals surface area contributed by atoms with E-state index in [9.17, 15) is 8.42 Å². The molecule has 0 radical (unpaired) electrons. The van der Waals surface area contributed by atoms with E-state index in [2.05, 4.69) is 30.9 Å². The molecule has 5 heteroatoms. The van der Waals surface area contributed by atoms with Gasteiger partial charge in [-0.3, -0.25) is 4.31 Å². The molecule has 0 N–H and O–H groups in total. The first-order valence-corrected chi connectivity index (χ1v) is 9.52. The van der Waals surface area contributed by atoms with Gasteiger partial charge in [0.15, 0.2) is 0 Å². The van der Waals surface area contributed by atoms with Crippen LogP contribution in [0.5, 0.6) is 0 Å². The minimum absolute atomic E-state index is 0.298. The van der Waals surface area contributed by atoms with Crippen molar-refractivity contribution in [3.8, 4) is 0 Å². The third-order valence-electron chi connectivity index (χ3n) is 4.29. The maximum absolute atomic E-state index is 12.2. The second-order valence-corrected chi connectivity index (χ2v) is 8.55. The monoisotopic (exact) mass is 330 g/mol. The number of hydrogen-bond donors (Lipinski definition) is 0. The molecule has 1 aliphatic rings. The smallest absolute Gasteiger partial charge is 0.232 e. The Morgan fingerprint density at radius 2 is 1.52 bits per heavy atom. The lowest BCUT2D eigenvalue weighted by molar-refractivity contribution is 0.452. The number of fused-ring (bicyclic) bond motifs is 1. The molecule has 4 nitrogen and oxygen atoms in total. The molecule has 0 aliphatic carbocycles. The maximum atomic E-state index is 12.2. The summed E-state index contributed by atoms with van der Waals surface area (Å²) < 4.78 is 25.9. The Balaban J connectivity index is 2.09. The molecule has 3 rings (SSSR count). The molecule has 23 heavy (non-hydrogen) atoms. The van der Waals surface area contributed by atoms with E-state index < -0.39 is 10.0 Å². The molecule has 0 bridgehead atoms. The number of hydrogen-bond acceptors (Lipinski definition) is 3. The molecule has 1 heterocycles. The highest BCUT2D eigenvalue weighted by Crippen LogP contribution is 2.41. The lowest BCUT2D eigenvalue weighted by atomic mass is 9.96. The lowest BCUT2D eigenvalue weighted by Crippen LogP contribution is -2.56. The van der Waals surface area contributed by atoms with Crippen molar-refractivity contribution in [2.75, 3.05) is 22.0 Å². The summed E-state index contributed by atoms with van der Waals surface area (Å²) in [5, 5.41) is 0. The van der Waals surface area contributed by atoms with E-state index in [0.717, 1.165) is 17.9 Å². The van der Waals surface area contributed by atoms with Crippen LogP contribution in [0.4, 0.5) is 11.4 Å². The van der Waals surface area contributed by atoms with Gasteiger partial charge in [-0.1, -0.05) is 42.5 Å². The van der Waals surface area contributed by atoms with Crippen molar-refractivity contribution >= 4 is 21.4 Å². The van der Waals surface area contributed by atoms with E-state index in [1.807, 2.05) is 42.5 Å². The van der Waals surface area contributed by atoms with Gasteiger partial charge in [0, 0.05) is 6.54 Å². The molecular formula is C18H22N2O2S. The highest BCUT2D eigenvalue weighted by Gasteiger charge is 2.39. The van der Waals surface area contributed by atoms with Gasteiger partial charge in [0.1, 0.15) is 0 Å². The summed E-state index contributed by atoms with van der Waals surface area (Å²) in [6, 6.07) is 18.0. The van der Waals surface area contributed by atoms with Crippen molar-refractivity contribution in [2.24, 2.45) is 0 Å². The van der Waals surface area contributed by atoms with Crippen LogP contribution in [0.3, 0.4) is 0 Å². The molecular weight excluding hydrogens is 308 g/mol. The summed E-state index contributed by atoms with van der Waals surface area (Å²) in [7, 11) is -3.30. The SMILES string of the molecule is CC1(C)CN(S(C)(=O)=O)c2ccccc2N1Cc1ccccc1. The van der Waals surface area contributed by atoms with E-state index in [-0.39, 0.29) is 5.54 Å². The van der Waals surface area contributed by atoms with Crippen LogP contribution >= 0.6 is 0 Å². The van der Waals surface area contributed by atoms with Gasteiger partial charge >= 0.3 is 0 Å². The van der Waals surface area contributed by atoms with Gasteiger partial charge in [0.25, 0.3) is 0 Å². The van der Waals surface area contributed by atoms with Crippen molar-refractivity contribution in [2.45, 2.75) is 25.9 Å². The second-order valence-electron chi connectivity index (χ2n) is 6.64. The predicted octanol–water partition coefficient (Wildman–Crippen LogP) is 3.25. The first kappa shape index (κ1) is 15.9. The van der Waals surface area contributed by atoms with Gasteiger partial charge in [0.2, 0.25) is 10.0 Å². The largest absolute Gasteiger partial charge is 0.359 e. The summed E-state index contributed by atoms with van der Waals surface area (Å²) >= 11 is 0. The van der Waals surface area contributed by atoms with Crippen LogP contribution in [-0.2, 0) is 16.6 Å². The zero-order valence-electron chi connectivity index (χ0n) is 13.7. The second kappa shape index (κ2) is 5.57. The molecule has 0 aromatic heterocycles. The Bertz CT molecular complexity index is 801. The molecule has 2 aromatic carbocycles. The van der Waals surface area contributed by atoms with E-state index in [0.29, 0.717) is 6.54 Å². The Labute approximate surface area is 138 Å². The molecule has 0 unspecified atom stereocenters. The summed E-state index contributed by atoms with van der Waals surface area (Å²) in [6.45, 7) is 5.37. The van der Waals surface area contributed by atoms with Gasteiger partial charge in [-0.05, 0) is 31.5 Å². The summed E-state index contributed by atoms with van der Waals surface area (Å²) in [6.07, 6.45) is 1.27. The van der Waals surface area contributed by atoms with E-state index in [1.54, 1.807) is 0 Å². The molecule has 0 fully saturated rings. The number of anilines is 2. The predicted molar refractivity (Wildman–Crippen MR) is 95.3 cm³/mol. The van der Waals surface area contributed by atoms with Crippen LogP contribution in [0, 0.1) is 0 Å². The Morgan fingerprint density at radius 3 is 2.13 bits per heavy atom. The van der Waals surface area contributed by atoms with Crippen LogP contribution in [0.2, 0.25) is 0 Å². The number of rotatable bonds is 3. The van der Waals surface area contributed by atoms with Crippen LogP contribution in [0.25, 0.3) is 0 Å². The zero-order chi connectivity index (χ0) is 16.7. The Hall–Kier alpha value is -2.01. The minimum atomic E-state index is -3.30. The fraction of sp³-hybridized carbons (Fsp3) is 0.333. The average molecular weight is 330 g/mol. The summed E-state index contributed by atoms with van der Waals surface area (Å²) in [5.41, 5.74) is 2.62. The van der Waals surface area contributed by atoms with Gasteiger partial charge in [-0.25, -0.2) is 8.42 Å². The molecule has 0 spiro atoms. The highest BCUT2D eigenvalue weighted by molar-refractivity contribution is 7.92. The van der Waals surface area contributed by atoms with Crippen molar-refractivity contribution in [1.82, 2.24) is 0 Å². The normalized spacial score (nSPS) is 17.0. The molecule has 122 valence electrons. The molecule has 2 aromatic rings. The summed E-state index contributed by atoms with van der Waals surface area (Å²) in [4.78, 5) is 2.29. The van der Waals surface area contributed by atoms with Crippen LogP contribution < -0.4 is 9.21 Å². The van der Waals surface area contributed by atoms with Crippen LogP contribution in [0.15, 0.2) is 54.6 Å². The first-order chi connectivity index (χ1) is 10.8. The van der Waals surface area contributed by atoms with Gasteiger partial charge in [0.05, 0.1) is 29.7 Å². The Kier molecular flexibility index (Phi) is 3.84. The molecule has 0 amide bonds. The van der Waals surface area contributed by atoms with Crippen molar-refractivity contribution in [1.29, 1.82) is 0 Å². The third-order valence-corrected chi connectivity index (χ3v) is 5.41. The Morgan fingerprint density at radius 1 is 0.957 bits per heavy atom. The van der Waals surface area contributed by atoms with E-state index >= 15 is 0 Å². The van der Waals surface area contributed by atoms with Gasteiger partial charge in [-0.15, -0.1) is 0 Å². The lowest BCUT2D eigenvalue weighted by Gasteiger charge is -2.49. The maximum Gasteiger partial charge on any atom is 0.232 e. The zero-order valence-corrected chi connectivity index (χ0v) is 14.5. The van der Waals surface area contributed by atoms with E-state index in [4.69, 9.17) is 0 Å². The molecule has 0 saturated carbocycles. The first-order valence-electron chi connectivity index (χ1n) is 7.67. The number of nitrogens with zero attached hydrogens (tertiary/aromatic N) is 2. The van der Waals surface area contributed by atoms with Crippen molar-refractivity contribution in [3.63, 3.8) is 0 Å². The number of benzene rings is 2. The number of para-hydroxylation sites is 2. The summed E-state index contributed by atoms with van der Waals surface area (Å²) in [5.74, 6) is 0. The van der Waals surface area contributed by atoms with Crippen LogP contribution in [-0.4, -0.2) is 26.8 Å². The quantitative estimate of drug-likeness (QED) is 0.867. The molecule has 0 atom stereocenters. The van der Waals surface area contributed by atoms with Gasteiger partial charge < -0.3 is 4.90 Å². The highest BCUT2D eigenvalue weighted by atomic mass is 32.2.